The lowest BCUT2D eigenvalue weighted by molar-refractivity contribution is -0.123. The van der Waals surface area contributed by atoms with Crippen LogP contribution in [-0.4, -0.2) is 29.2 Å². The number of ether oxygens (including phenoxy) is 2. The summed E-state index contributed by atoms with van der Waals surface area (Å²) in [4.78, 5) is 27.3. The van der Waals surface area contributed by atoms with E-state index in [2.05, 4.69) is 22.6 Å². The molecule has 1 saturated carbocycles. The number of carbonyl (C=O) groups excluding carboxylic acids is 2. The summed E-state index contributed by atoms with van der Waals surface area (Å²) in [6.45, 7) is 3.40. The van der Waals surface area contributed by atoms with Gasteiger partial charge in [-0.2, -0.15) is 0 Å². The second-order valence-corrected chi connectivity index (χ2v) is 10.6. The third kappa shape index (κ3) is 6.32. The average Bonchev–Trinajstić information content (AvgIpc) is 3.08. The highest BCUT2D eigenvalue weighted by Crippen LogP contribution is 2.36. The Morgan fingerprint density at radius 3 is 2.52 bits per heavy atom. The highest BCUT2D eigenvalue weighted by Gasteiger charge is 2.36. The molecule has 2 aliphatic rings. The zero-order valence-corrected chi connectivity index (χ0v) is 21.7. The van der Waals surface area contributed by atoms with Crippen molar-refractivity contribution < 1.29 is 19.1 Å². The Kier molecular flexibility index (Phi) is 8.35. The number of rotatable bonds is 8. The van der Waals surface area contributed by atoms with Gasteiger partial charge in [-0.05, 0) is 102 Å². The highest BCUT2D eigenvalue weighted by molar-refractivity contribution is 14.1. The largest absolute Gasteiger partial charge is 0.490 e. The Bertz CT molecular complexity index is 1030. The molecular weight excluding hydrogens is 549 g/mol. The number of thioether (sulfide) groups is 1. The van der Waals surface area contributed by atoms with Gasteiger partial charge in [0, 0.05) is 10.1 Å². The maximum absolute atomic E-state index is 12.9. The summed E-state index contributed by atoms with van der Waals surface area (Å²) in [6.07, 6.45) is 7.61. The fraction of sp³-hybridized carbons (Fsp3) is 0.385. The number of carbonyl (C=O) groups is 2. The van der Waals surface area contributed by atoms with Crippen LogP contribution in [-0.2, 0) is 11.4 Å². The van der Waals surface area contributed by atoms with Crippen molar-refractivity contribution in [3.63, 3.8) is 0 Å². The molecule has 1 aliphatic heterocycles. The summed E-state index contributed by atoms with van der Waals surface area (Å²) in [5.41, 5.74) is 1.89. The Hall–Kier alpha value is -2.00. The Morgan fingerprint density at radius 2 is 1.79 bits per heavy atom. The number of halogens is 1. The smallest absolute Gasteiger partial charge is 0.293 e. The molecule has 0 bridgehead atoms. The van der Waals surface area contributed by atoms with Gasteiger partial charge in [-0.25, -0.2) is 0 Å². The number of imide groups is 1. The first-order chi connectivity index (χ1) is 16.0. The van der Waals surface area contributed by atoms with E-state index >= 15 is 0 Å². The molecule has 0 unspecified atom stereocenters. The van der Waals surface area contributed by atoms with Crippen molar-refractivity contribution in [2.24, 2.45) is 5.92 Å². The normalized spacial score (nSPS) is 18.2. The van der Waals surface area contributed by atoms with Gasteiger partial charge in [-0.15, -0.1) is 0 Å². The maximum atomic E-state index is 12.9. The van der Waals surface area contributed by atoms with Crippen LogP contribution in [0.25, 0.3) is 6.08 Å². The summed E-state index contributed by atoms with van der Waals surface area (Å²) >= 11 is 3.30. The fourth-order valence-corrected chi connectivity index (χ4v) is 5.39. The number of amides is 2. The van der Waals surface area contributed by atoms with E-state index in [0.29, 0.717) is 42.1 Å². The lowest BCUT2D eigenvalue weighted by Gasteiger charge is -2.25. The summed E-state index contributed by atoms with van der Waals surface area (Å²) in [7, 11) is 0. The van der Waals surface area contributed by atoms with Crippen LogP contribution < -0.4 is 9.47 Å². The molecular formula is C26H28INO4S. The van der Waals surface area contributed by atoms with E-state index in [1.807, 2.05) is 49.4 Å². The van der Waals surface area contributed by atoms with Crippen LogP contribution in [0.5, 0.6) is 11.5 Å². The van der Waals surface area contributed by atoms with Crippen LogP contribution in [0.2, 0.25) is 0 Å². The Balaban J connectivity index is 1.46. The predicted molar refractivity (Wildman–Crippen MR) is 140 cm³/mol. The second-order valence-electron chi connectivity index (χ2n) is 8.35. The molecule has 0 spiro atoms. The minimum atomic E-state index is -0.187. The molecule has 7 heteroatoms. The summed E-state index contributed by atoms with van der Waals surface area (Å²) in [6, 6.07) is 13.8. The maximum Gasteiger partial charge on any atom is 0.293 e. The van der Waals surface area contributed by atoms with Crippen molar-refractivity contribution in [2.75, 3.05) is 13.2 Å². The van der Waals surface area contributed by atoms with E-state index in [0.717, 1.165) is 35.7 Å². The minimum Gasteiger partial charge on any atom is -0.490 e. The minimum absolute atomic E-state index is 0.167. The summed E-state index contributed by atoms with van der Waals surface area (Å²) in [5.74, 6) is 1.52. The molecule has 0 aromatic heterocycles. The van der Waals surface area contributed by atoms with Gasteiger partial charge >= 0.3 is 0 Å². The summed E-state index contributed by atoms with van der Waals surface area (Å²) < 4.78 is 13.0. The van der Waals surface area contributed by atoms with Gasteiger partial charge in [0.15, 0.2) is 11.5 Å². The van der Waals surface area contributed by atoms with E-state index in [9.17, 15) is 9.59 Å². The molecule has 2 amide bonds. The molecule has 1 saturated heterocycles. The van der Waals surface area contributed by atoms with E-state index in [4.69, 9.17) is 9.47 Å². The van der Waals surface area contributed by atoms with E-state index < -0.39 is 0 Å². The molecule has 0 N–H and O–H groups in total. The first-order valence-electron chi connectivity index (χ1n) is 11.4. The molecule has 2 aromatic carbocycles. The molecule has 4 rings (SSSR count). The van der Waals surface area contributed by atoms with Crippen LogP contribution in [0.3, 0.4) is 0 Å². The Labute approximate surface area is 213 Å². The van der Waals surface area contributed by atoms with E-state index in [-0.39, 0.29) is 11.1 Å². The number of hydrogen-bond donors (Lipinski definition) is 0. The predicted octanol–water partition coefficient (Wildman–Crippen LogP) is 6.89. The molecule has 5 nitrogen and oxygen atoms in total. The number of hydrogen-bond acceptors (Lipinski definition) is 5. The highest BCUT2D eigenvalue weighted by atomic mass is 127. The zero-order chi connectivity index (χ0) is 23.2. The SMILES string of the molecule is CCOc1cc(/C=C2/SC(=O)N(CC3CCCCC3)C2=O)ccc1OCc1ccc(I)cc1. The lowest BCUT2D eigenvalue weighted by atomic mass is 9.89. The second kappa shape index (κ2) is 11.4. The molecule has 0 atom stereocenters. The van der Waals surface area contributed by atoms with Crippen molar-refractivity contribution in [3.8, 4) is 11.5 Å². The zero-order valence-electron chi connectivity index (χ0n) is 18.7. The monoisotopic (exact) mass is 577 g/mol. The molecule has 1 heterocycles. The molecule has 1 aliphatic carbocycles. The third-order valence-electron chi connectivity index (χ3n) is 5.91. The van der Waals surface area contributed by atoms with Gasteiger partial charge in [0.05, 0.1) is 11.5 Å². The van der Waals surface area contributed by atoms with Crippen molar-refractivity contribution in [1.82, 2.24) is 4.90 Å². The molecule has 2 fully saturated rings. The van der Waals surface area contributed by atoms with E-state index in [1.54, 1.807) is 6.08 Å². The van der Waals surface area contributed by atoms with Gasteiger partial charge in [-0.1, -0.05) is 37.5 Å². The van der Waals surface area contributed by atoms with Crippen molar-refractivity contribution in [3.05, 3.63) is 62.1 Å². The molecule has 2 aromatic rings. The first kappa shape index (κ1) is 24.1. The van der Waals surface area contributed by atoms with Gasteiger partial charge in [0.1, 0.15) is 6.61 Å². The van der Waals surface area contributed by atoms with Crippen LogP contribution in [0.1, 0.15) is 50.2 Å². The molecule has 174 valence electrons. The molecule has 0 radical (unpaired) electrons. The van der Waals surface area contributed by atoms with Crippen molar-refractivity contribution in [1.29, 1.82) is 0 Å². The lowest BCUT2D eigenvalue weighted by Crippen LogP contribution is -2.34. The van der Waals surface area contributed by atoms with Gasteiger partial charge in [-0.3, -0.25) is 14.5 Å². The standard InChI is InChI=1S/C26H28INO4S/c1-2-31-23-14-20(10-13-22(23)32-17-19-8-11-21(27)12-9-19)15-24-25(29)28(26(30)33-24)16-18-6-4-3-5-7-18/h8-15,18H,2-7,16-17H2,1H3/b24-15+. The average molecular weight is 577 g/mol. The molecule has 33 heavy (non-hydrogen) atoms. The first-order valence-corrected chi connectivity index (χ1v) is 13.3. The third-order valence-corrected chi connectivity index (χ3v) is 7.54. The van der Waals surface area contributed by atoms with Crippen molar-refractivity contribution in [2.45, 2.75) is 45.6 Å². The topological polar surface area (TPSA) is 55.8 Å². The van der Waals surface area contributed by atoms with Crippen LogP contribution >= 0.6 is 34.4 Å². The van der Waals surface area contributed by atoms with Crippen molar-refractivity contribution >= 4 is 51.6 Å². The van der Waals surface area contributed by atoms with Gasteiger partial charge in [0.25, 0.3) is 11.1 Å². The van der Waals surface area contributed by atoms with Crippen LogP contribution in [0.15, 0.2) is 47.4 Å². The number of benzene rings is 2. The van der Waals surface area contributed by atoms with Gasteiger partial charge in [0.2, 0.25) is 0 Å². The van der Waals surface area contributed by atoms with E-state index in [1.165, 1.54) is 27.7 Å². The summed E-state index contributed by atoms with van der Waals surface area (Å²) in [5, 5.41) is -0.167. The Morgan fingerprint density at radius 1 is 1.03 bits per heavy atom. The quantitative estimate of drug-likeness (QED) is 0.253. The fourth-order valence-electron chi connectivity index (χ4n) is 4.18. The van der Waals surface area contributed by atoms with Gasteiger partial charge < -0.3 is 9.47 Å². The van der Waals surface area contributed by atoms with Crippen LogP contribution in [0, 0.1) is 9.49 Å². The van der Waals surface area contributed by atoms with Crippen LogP contribution in [0.4, 0.5) is 4.79 Å². The number of nitrogens with zero attached hydrogens (tertiary/aromatic N) is 1.